The fourth-order valence-electron chi connectivity index (χ4n) is 3.46. The molecule has 3 aromatic rings. The van der Waals surface area contributed by atoms with Crippen LogP contribution >= 0.6 is 22.9 Å². The molecule has 1 N–H and O–H groups in total. The van der Waals surface area contributed by atoms with Crippen LogP contribution < -0.4 is 10.9 Å². The molecule has 0 unspecified atom stereocenters. The molecular formula is C21H22ClN5O3S. The first-order chi connectivity index (χ1) is 14.9. The number of benzene rings is 1. The number of aromatic nitrogens is 2. The van der Waals surface area contributed by atoms with Crippen LogP contribution in [0.25, 0.3) is 10.2 Å². The summed E-state index contributed by atoms with van der Waals surface area (Å²) >= 11 is 7.53. The van der Waals surface area contributed by atoms with Gasteiger partial charge < -0.3 is 15.1 Å². The van der Waals surface area contributed by atoms with E-state index in [0.29, 0.717) is 47.1 Å². The van der Waals surface area contributed by atoms with Gasteiger partial charge in [-0.15, -0.1) is 11.3 Å². The fraction of sp³-hybridized carbons (Fsp3) is 0.333. The number of amides is 3. The van der Waals surface area contributed by atoms with E-state index in [1.54, 1.807) is 21.9 Å². The van der Waals surface area contributed by atoms with Gasteiger partial charge in [-0.05, 0) is 36.1 Å². The molecule has 1 aliphatic rings. The largest absolute Gasteiger partial charge is 0.339 e. The predicted molar refractivity (Wildman–Crippen MR) is 122 cm³/mol. The minimum absolute atomic E-state index is 0.0392. The minimum Gasteiger partial charge on any atom is -0.339 e. The Kier molecular flexibility index (Phi) is 6.24. The normalized spacial score (nSPS) is 14.1. The van der Waals surface area contributed by atoms with Crippen LogP contribution in [-0.4, -0.2) is 57.5 Å². The van der Waals surface area contributed by atoms with Crippen LogP contribution in [0.5, 0.6) is 0 Å². The standard InChI is InChI=1S/C21H22ClN5O3S/c1-14-2-3-15(12-17(14)22)24-21(30)26-9-7-25(8-10-26)18(28)4-6-27-13-23-19-16(20(27)29)5-11-31-19/h2-3,5,11-13H,4,6-10H2,1H3,(H,24,30). The quantitative estimate of drug-likeness (QED) is 0.649. The van der Waals surface area contributed by atoms with Gasteiger partial charge in [0.1, 0.15) is 4.83 Å². The molecule has 1 aliphatic heterocycles. The van der Waals surface area contributed by atoms with Gasteiger partial charge in [0.05, 0.1) is 11.7 Å². The molecule has 3 amide bonds. The van der Waals surface area contributed by atoms with Gasteiger partial charge in [-0.2, -0.15) is 0 Å². The fourth-order valence-corrected chi connectivity index (χ4v) is 4.36. The molecule has 0 aliphatic carbocycles. The molecule has 0 radical (unpaired) electrons. The monoisotopic (exact) mass is 459 g/mol. The third-order valence-electron chi connectivity index (χ3n) is 5.36. The summed E-state index contributed by atoms with van der Waals surface area (Å²) in [7, 11) is 0. The number of nitrogens with one attached hydrogen (secondary N) is 1. The van der Waals surface area contributed by atoms with Crippen LogP contribution in [0.4, 0.5) is 10.5 Å². The molecule has 2 aromatic heterocycles. The van der Waals surface area contributed by atoms with Crippen molar-refractivity contribution in [1.29, 1.82) is 0 Å². The van der Waals surface area contributed by atoms with Crippen molar-refractivity contribution >= 4 is 50.8 Å². The topological polar surface area (TPSA) is 87.5 Å². The number of hydrogen-bond acceptors (Lipinski definition) is 5. The Bertz CT molecular complexity index is 1180. The number of halogens is 1. The third kappa shape index (κ3) is 4.72. The Labute approximate surface area is 188 Å². The summed E-state index contributed by atoms with van der Waals surface area (Å²) in [5.74, 6) is -0.0392. The highest BCUT2D eigenvalue weighted by molar-refractivity contribution is 7.16. The van der Waals surface area contributed by atoms with E-state index in [1.807, 2.05) is 24.4 Å². The number of carbonyl (C=O) groups is 2. The lowest BCUT2D eigenvalue weighted by molar-refractivity contribution is -0.132. The van der Waals surface area contributed by atoms with Crippen molar-refractivity contribution in [1.82, 2.24) is 19.4 Å². The second kappa shape index (κ2) is 9.07. The van der Waals surface area contributed by atoms with Crippen LogP contribution in [0.2, 0.25) is 5.02 Å². The Balaban J connectivity index is 1.28. The molecule has 31 heavy (non-hydrogen) atoms. The first-order valence-corrected chi connectivity index (χ1v) is 11.2. The van der Waals surface area contributed by atoms with E-state index in [0.717, 1.165) is 5.56 Å². The van der Waals surface area contributed by atoms with Crippen molar-refractivity contribution in [3.63, 3.8) is 0 Å². The van der Waals surface area contributed by atoms with Crippen LogP contribution in [0.1, 0.15) is 12.0 Å². The molecule has 8 nitrogen and oxygen atoms in total. The van der Waals surface area contributed by atoms with Crippen LogP contribution in [0.15, 0.2) is 40.8 Å². The highest BCUT2D eigenvalue weighted by Crippen LogP contribution is 2.20. The van der Waals surface area contributed by atoms with Crippen LogP contribution in [0.3, 0.4) is 0 Å². The lowest BCUT2D eigenvalue weighted by Crippen LogP contribution is -2.51. The zero-order chi connectivity index (χ0) is 22.0. The van der Waals surface area contributed by atoms with E-state index >= 15 is 0 Å². The number of urea groups is 1. The van der Waals surface area contributed by atoms with Gasteiger partial charge in [0.25, 0.3) is 5.56 Å². The number of piperazine rings is 1. The Morgan fingerprint density at radius 2 is 1.90 bits per heavy atom. The molecule has 1 fully saturated rings. The second-order valence-corrected chi connectivity index (χ2v) is 8.70. The van der Waals surface area contributed by atoms with Crippen molar-refractivity contribution in [2.45, 2.75) is 19.9 Å². The SMILES string of the molecule is Cc1ccc(NC(=O)N2CCN(C(=O)CCn3cnc4sccc4c3=O)CC2)cc1Cl. The lowest BCUT2D eigenvalue weighted by Gasteiger charge is -2.34. The summed E-state index contributed by atoms with van der Waals surface area (Å²) < 4.78 is 1.48. The number of fused-ring (bicyclic) bond motifs is 1. The van der Waals surface area contributed by atoms with Gasteiger partial charge >= 0.3 is 6.03 Å². The minimum atomic E-state index is -0.214. The van der Waals surface area contributed by atoms with Crippen molar-refractivity contribution in [2.24, 2.45) is 0 Å². The second-order valence-electron chi connectivity index (χ2n) is 7.39. The molecule has 0 saturated carbocycles. The van der Waals surface area contributed by atoms with E-state index in [2.05, 4.69) is 10.3 Å². The zero-order valence-electron chi connectivity index (χ0n) is 17.0. The summed E-state index contributed by atoms with van der Waals surface area (Å²) in [6.45, 7) is 3.98. The van der Waals surface area contributed by atoms with Gasteiger partial charge in [-0.3, -0.25) is 14.2 Å². The molecule has 1 saturated heterocycles. The van der Waals surface area contributed by atoms with E-state index in [-0.39, 0.29) is 30.5 Å². The molecule has 4 rings (SSSR count). The number of hydrogen-bond donors (Lipinski definition) is 1. The summed E-state index contributed by atoms with van der Waals surface area (Å²) in [4.78, 5) is 45.9. The highest BCUT2D eigenvalue weighted by Gasteiger charge is 2.24. The molecule has 3 heterocycles. The van der Waals surface area contributed by atoms with Crippen molar-refractivity contribution in [3.8, 4) is 0 Å². The van der Waals surface area contributed by atoms with Gasteiger partial charge in [0.2, 0.25) is 5.91 Å². The highest BCUT2D eigenvalue weighted by atomic mass is 35.5. The van der Waals surface area contributed by atoms with E-state index in [4.69, 9.17) is 11.6 Å². The lowest BCUT2D eigenvalue weighted by atomic mass is 10.2. The molecule has 1 aromatic carbocycles. The number of carbonyl (C=O) groups excluding carboxylic acids is 2. The maximum Gasteiger partial charge on any atom is 0.321 e. The molecule has 0 atom stereocenters. The smallest absolute Gasteiger partial charge is 0.321 e. The maximum absolute atomic E-state index is 12.6. The molecule has 10 heteroatoms. The zero-order valence-corrected chi connectivity index (χ0v) is 18.6. The van der Waals surface area contributed by atoms with Crippen LogP contribution in [0, 0.1) is 6.92 Å². The molecule has 0 bridgehead atoms. The average molecular weight is 460 g/mol. The Morgan fingerprint density at radius 1 is 1.16 bits per heavy atom. The average Bonchev–Trinajstić information content (AvgIpc) is 3.25. The first kappa shape index (κ1) is 21.3. The van der Waals surface area contributed by atoms with Gasteiger partial charge in [0, 0.05) is 49.9 Å². The first-order valence-electron chi connectivity index (χ1n) is 9.95. The molecule has 162 valence electrons. The number of aryl methyl sites for hydroxylation is 2. The van der Waals surface area contributed by atoms with E-state index < -0.39 is 0 Å². The molecular weight excluding hydrogens is 438 g/mol. The van der Waals surface area contributed by atoms with Gasteiger partial charge in [0.15, 0.2) is 0 Å². The van der Waals surface area contributed by atoms with E-state index in [1.165, 1.54) is 22.2 Å². The van der Waals surface area contributed by atoms with Crippen LogP contribution in [-0.2, 0) is 11.3 Å². The number of rotatable bonds is 4. The Morgan fingerprint density at radius 3 is 2.65 bits per heavy atom. The number of anilines is 1. The third-order valence-corrected chi connectivity index (χ3v) is 6.59. The van der Waals surface area contributed by atoms with E-state index in [9.17, 15) is 14.4 Å². The van der Waals surface area contributed by atoms with Gasteiger partial charge in [-0.1, -0.05) is 17.7 Å². The Hall–Kier alpha value is -2.91. The van der Waals surface area contributed by atoms with Crippen molar-refractivity contribution in [3.05, 3.63) is 56.9 Å². The van der Waals surface area contributed by atoms with Crippen molar-refractivity contribution in [2.75, 3.05) is 31.5 Å². The summed E-state index contributed by atoms with van der Waals surface area (Å²) in [5.41, 5.74) is 1.46. The summed E-state index contributed by atoms with van der Waals surface area (Å²) in [6, 6.07) is 6.92. The van der Waals surface area contributed by atoms with Gasteiger partial charge in [-0.25, -0.2) is 9.78 Å². The molecule has 0 spiro atoms. The summed E-state index contributed by atoms with van der Waals surface area (Å²) in [6.07, 6.45) is 1.71. The van der Waals surface area contributed by atoms with Crippen molar-refractivity contribution < 1.29 is 9.59 Å². The summed E-state index contributed by atoms with van der Waals surface area (Å²) in [5, 5.41) is 5.85. The number of nitrogens with zero attached hydrogens (tertiary/aromatic N) is 4. The predicted octanol–water partition coefficient (Wildman–Crippen LogP) is 3.19. The maximum atomic E-state index is 12.6. The number of thiophene rings is 1.